The van der Waals surface area contributed by atoms with E-state index in [1.807, 2.05) is 62.4 Å². The lowest BCUT2D eigenvalue weighted by atomic mass is 10.1. The highest BCUT2D eigenvalue weighted by molar-refractivity contribution is 9.10. The molecule has 0 unspecified atom stereocenters. The third-order valence-corrected chi connectivity index (χ3v) is 6.24. The van der Waals surface area contributed by atoms with Crippen LogP contribution < -0.4 is 5.32 Å². The van der Waals surface area contributed by atoms with Gasteiger partial charge in [-0.3, -0.25) is 14.5 Å². The molecule has 0 radical (unpaired) electrons. The topological polar surface area (TPSA) is 49.4 Å². The van der Waals surface area contributed by atoms with Gasteiger partial charge in [0, 0.05) is 23.1 Å². The number of nitrogens with zero attached hydrogens (tertiary/aromatic N) is 1. The van der Waals surface area contributed by atoms with Gasteiger partial charge in [0.25, 0.3) is 5.91 Å². The summed E-state index contributed by atoms with van der Waals surface area (Å²) in [6.45, 7) is 4.29. The number of carbonyl (C=O) groups is 2. The van der Waals surface area contributed by atoms with Gasteiger partial charge in [0.05, 0.1) is 4.91 Å². The monoisotopic (exact) mass is 474 g/mol. The maximum Gasteiger partial charge on any atom is 0.266 e. The van der Waals surface area contributed by atoms with Crippen molar-refractivity contribution in [2.24, 2.45) is 0 Å². The van der Waals surface area contributed by atoms with E-state index in [9.17, 15) is 9.59 Å². The summed E-state index contributed by atoms with van der Waals surface area (Å²) in [5, 5.41) is 2.87. The maximum atomic E-state index is 12.7. The largest absolute Gasteiger partial charge is 0.326 e. The summed E-state index contributed by atoms with van der Waals surface area (Å²) in [7, 11) is 0. The molecule has 1 heterocycles. The van der Waals surface area contributed by atoms with E-state index in [0.717, 1.165) is 21.3 Å². The summed E-state index contributed by atoms with van der Waals surface area (Å²) >= 11 is 10.0. The number of thiocarbonyl (C=S) groups is 1. The third-order valence-electron chi connectivity index (χ3n) is 4.37. The number of hydrogen-bond donors (Lipinski definition) is 1. The Bertz CT molecular complexity index is 988. The van der Waals surface area contributed by atoms with Crippen molar-refractivity contribution >= 4 is 67.8 Å². The summed E-state index contributed by atoms with van der Waals surface area (Å²) in [4.78, 5) is 27.0. The second-order valence-electron chi connectivity index (χ2n) is 6.49. The number of hydrogen-bond acceptors (Lipinski definition) is 4. The van der Waals surface area contributed by atoms with Crippen LogP contribution in [-0.2, 0) is 9.59 Å². The molecule has 0 bridgehead atoms. The van der Waals surface area contributed by atoms with Crippen LogP contribution in [-0.4, -0.2) is 27.6 Å². The average molecular weight is 475 g/mol. The SMILES string of the molecule is Cc1ccc(NC(=O)CCN2C(=O)C(=Cc3cccc(Br)c3)SC2=S)cc1C. The molecule has 1 aliphatic rings. The second-order valence-corrected chi connectivity index (χ2v) is 9.08. The van der Waals surface area contributed by atoms with Gasteiger partial charge in [-0.15, -0.1) is 0 Å². The summed E-state index contributed by atoms with van der Waals surface area (Å²) in [5.41, 5.74) is 3.97. The zero-order valence-electron chi connectivity index (χ0n) is 15.5. The fourth-order valence-electron chi connectivity index (χ4n) is 2.70. The molecule has 1 aliphatic heterocycles. The van der Waals surface area contributed by atoms with Gasteiger partial charge in [0.15, 0.2) is 0 Å². The molecular formula is C21H19BrN2O2S2. The molecule has 2 aromatic carbocycles. The van der Waals surface area contributed by atoms with Crippen LogP contribution in [0.2, 0.25) is 0 Å². The Hall–Kier alpha value is -1.96. The van der Waals surface area contributed by atoms with Crippen molar-refractivity contribution in [3.05, 3.63) is 68.5 Å². The highest BCUT2D eigenvalue weighted by atomic mass is 79.9. The Morgan fingerprint density at radius 1 is 1.21 bits per heavy atom. The van der Waals surface area contributed by atoms with Gasteiger partial charge in [0.2, 0.25) is 5.91 Å². The molecule has 0 atom stereocenters. The number of rotatable bonds is 5. The van der Waals surface area contributed by atoms with Crippen LogP contribution in [0.4, 0.5) is 5.69 Å². The molecule has 7 heteroatoms. The Balaban J connectivity index is 1.61. The van der Waals surface area contributed by atoms with Crippen molar-refractivity contribution < 1.29 is 9.59 Å². The van der Waals surface area contributed by atoms with Crippen LogP contribution in [0.25, 0.3) is 6.08 Å². The van der Waals surface area contributed by atoms with Crippen molar-refractivity contribution in [2.45, 2.75) is 20.3 Å². The van der Waals surface area contributed by atoms with Gasteiger partial charge in [0.1, 0.15) is 4.32 Å². The van der Waals surface area contributed by atoms with Crippen LogP contribution >= 0.6 is 39.9 Å². The minimum atomic E-state index is -0.158. The van der Waals surface area contributed by atoms with Crippen molar-refractivity contribution in [2.75, 3.05) is 11.9 Å². The van der Waals surface area contributed by atoms with Crippen molar-refractivity contribution in [1.29, 1.82) is 0 Å². The average Bonchev–Trinajstić information content (AvgIpc) is 2.90. The predicted molar refractivity (Wildman–Crippen MR) is 123 cm³/mol. The Labute approximate surface area is 182 Å². The number of thioether (sulfide) groups is 1. The predicted octanol–water partition coefficient (Wildman–Crippen LogP) is 5.30. The van der Waals surface area contributed by atoms with E-state index in [1.165, 1.54) is 22.2 Å². The molecule has 2 aromatic rings. The van der Waals surface area contributed by atoms with Gasteiger partial charge in [-0.1, -0.05) is 58.1 Å². The third kappa shape index (κ3) is 5.10. The van der Waals surface area contributed by atoms with Gasteiger partial charge < -0.3 is 5.32 Å². The Kier molecular flexibility index (Phi) is 6.69. The highest BCUT2D eigenvalue weighted by Gasteiger charge is 2.32. The van der Waals surface area contributed by atoms with E-state index in [1.54, 1.807) is 0 Å². The molecule has 3 rings (SSSR count). The lowest BCUT2D eigenvalue weighted by Gasteiger charge is -2.14. The zero-order valence-corrected chi connectivity index (χ0v) is 18.7. The Morgan fingerprint density at radius 3 is 2.71 bits per heavy atom. The quantitative estimate of drug-likeness (QED) is 0.471. The van der Waals surface area contributed by atoms with Crippen LogP contribution in [0.1, 0.15) is 23.1 Å². The second kappa shape index (κ2) is 9.03. The first kappa shape index (κ1) is 20.8. The molecular weight excluding hydrogens is 456 g/mol. The fourth-order valence-corrected chi connectivity index (χ4v) is 4.42. The summed E-state index contributed by atoms with van der Waals surface area (Å²) in [6, 6.07) is 13.5. The van der Waals surface area contributed by atoms with Gasteiger partial charge in [-0.2, -0.15) is 0 Å². The minimum absolute atomic E-state index is 0.145. The van der Waals surface area contributed by atoms with Crippen molar-refractivity contribution in [1.82, 2.24) is 4.90 Å². The number of amides is 2. The summed E-state index contributed by atoms with van der Waals surface area (Å²) < 4.78 is 1.42. The molecule has 0 spiro atoms. The summed E-state index contributed by atoms with van der Waals surface area (Å²) in [5.74, 6) is -0.303. The number of halogens is 1. The first-order valence-corrected chi connectivity index (χ1v) is 10.7. The van der Waals surface area contributed by atoms with Crippen LogP contribution in [0.5, 0.6) is 0 Å². The molecule has 2 amide bonds. The van der Waals surface area contributed by atoms with E-state index >= 15 is 0 Å². The lowest BCUT2D eigenvalue weighted by Crippen LogP contribution is -2.31. The first-order valence-electron chi connectivity index (χ1n) is 8.71. The van der Waals surface area contributed by atoms with E-state index in [-0.39, 0.29) is 24.8 Å². The molecule has 144 valence electrons. The molecule has 4 nitrogen and oxygen atoms in total. The first-order chi connectivity index (χ1) is 13.3. The Morgan fingerprint density at radius 2 is 2.00 bits per heavy atom. The molecule has 0 aliphatic carbocycles. The lowest BCUT2D eigenvalue weighted by molar-refractivity contribution is -0.122. The van der Waals surface area contributed by atoms with Crippen LogP contribution in [0.3, 0.4) is 0 Å². The standard InChI is InChI=1S/C21H19BrN2O2S2/c1-13-6-7-17(10-14(13)2)23-19(25)8-9-24-20(26)18(28-21(24)27)12-15-4-3-5-16(22)11-15/h3-7,10-12H,8-9H2,1-2H3,(H,23,25). The van der Waals surface area contributed by atoms with Crippen molar-refractivity contribution in [3.63, 3.8) is 0 Å². The van der Waals surface area contributed by atoms with Crippen LogP contribution in [0.15, 0.2) is 51.8 Å². The van der Waals surface area contributed by atoms with Gasteiger partial charge >= 0.3 is 0 Å². The fraction of sp³-hybridized carbons (Fsp3) is 0.190. The van der Waals surface area contributed by atoms with E-state index in [2.05, 4.69) is 21.2 Å². The molecule has 0 saturated carbocycles. The highest BCUT2D eigenvalue weighted by Crippen LogP contribution is 2.33. The number of aryl methyl sites for hydroxylation is 2. The van der Waals surface area contributed by atoms with Gasteiger partial charge in [-0.05, 0) is 60.9 Å². The number of anilines is 1. The smallest absolute Gasteiger partial charge is 0.266 e. The van der Waals surface area contributed by atoms with Crippen molar-refractivity contribution in [3.8, 4) is 0 Å². The van der Waals surface area contributed by atoms with Crippen LogP contribution in [0, 0.1) is 13.8 Å². The molecule has 1 fully saturated rings. The molecule has 1 saturated heterocycles. The number of carbonyl (C=O) groups excluding carboxylic acids is 2. The molecule has 28 heavy (non-hydrogen) atoms. The molecule has 0 aromatic heterocycles. The zero-order chi connectivity index (χ0) is 20.3. The normalized spacial score (nSPS) is 15.4. The number of benzene rings is 2. The van der Waals surface area contributed by atoms with E-state index < -0.39 is 0 Å². The van der Waals surface area contributed by atoms with E-state index in [4.69, 9.17) is 12.2 Å². The number of nitrogens with one attached hydrogen (secondary N) is 1. The molecule has 1 N–H and O–H groups in total. The maximum absolute atomic E-state index is 12.7. The van der Waals surface area contributed by atoms with Gasteiger partial charge in [-0.25, -0.2) is 0 Å². The summed E-state index contributed by atoms with van der Waals surface area (Å²) in [6.07, 6.45) is 2.00. The minimum Gasteiger partial charge on any atom is -0.326 e. The van der Waals surface area contributed by atoms with E-state index in [0.29, 0.717) is 9.23 Å².